The minimum Gasteiger partial charge on any atom is -0.774 e. The van der Waals surface area contributed by atoms with E-state index in [0.717, 1.165) is 53.2 Å². The van der Waals surface area contributed by atoms with Crippen molar-refractivity contribution in [3.8, 4) is 0 Å². The zero-order valence-corrected chi connectivity index (χ0v) is 35.5. The Kier molecular flexibility index (Phi) is 14.5. The number of hydrogen-bond acceptors (Lipinski definition) is 8. The lowest BCUT2D eigenvalue weighted by atomic mass is 9.77. The number of hydrogen-bond donors (Lipinski definition) is 4. The molecule has 2 amide bonds. The topological polar surface area (TPSA) is 196 Å². The summed E-state index contributed by atoms with van der Waals surface area (Å²) in [6.45, 7) is 8.04. The van der Waals surface area contributed by atoms with Crippen LogP contribution in [0.5, 0.6) is 0 Å². The zero-order valence-electron chi connectivity index (χ0n) is 33.9. The highest BCUT2D eigenvalue weighted by molar-refractivity contribution is 7.95. The summed E-state index contributed by atoms with van der Waals surface area (Å²) in [5, 5.41) is 15.0. The molecule has 2 unspecified atom stereocenters. The minimum atomic E-state index is -4.51. The SMILES string of the molecule is C=S(=O)([O-])c1ccc2c(c1)C(C)(C)C1=[N+]2CCCCCC(=O)NCCNC(=O)CCCCCC2(C)/C(=C/C=C/1)N(CCCCCC(=O)O)c1ccc(S(=O)(=O)O)cc12. The molecule has 0 radical (unpaired) electrons. The number of unbranched alkanes of at least 4 members (excludes halogenated alkanes) is 2. The molecule has 316 valence electrons. The predicted octanol–water partition coefficient (Wildman–Crippen LogP) is 6.14. The maximum absolute atomic E-state index is 12.6. The molecule has 15 heteroatoms. The molecular weight excluding hydrogens is 781 g/mol. The van der Waals surface area contributed by atoms with Crippen molar-refractivity contribution in [1.29, 1.82) is 0 Å². The Bertz CT molecular complexity index is 2210. The summed E-state index contributed by atoms with van der Waals surface area (Å²) in [4.78, 5) is 38.4. The van der Waals surface area contributed by atoms with Gasteiger partial charge < -0.3 is 25.2 Å². The second-order valence-corrected chi connectivity index (χ2v) is 19.4. The van der Waals surface area contributed by atoms with Gasteiger partial charge in [-0.05, 0) is 101 Å². The second kappa shape index (κ2) is 18.7. The summed E-state index contributed by atoms with van der Waals surface area (Å²) < 4.78 is 62.2. The van der Waals surface area contributed by atoms with E-state index in [4.69, 9.17) is 0 Å². The first-order chi connectivity index (χ1) is 27.3. The fourth-order valence-corrected chi connectivity index (χ4v) is 9.57. The summed E-state index contributed by atoms with van der Waals surface area (Å²) in [7, 11) is -8.22. The molecule has 3 aliphatic heterocycles. The molecular formula is C43H58N4O9S2. The third-order valence-corrected chi connectivity index (χ3v) is 13.5. The molecule has 2 aromatic rings. The van der Waals surface area contributed by atoms with Crippen LogP contribution in [0.15, 0.2) is 70.1 Å². The Morgan fingerprint density at radius 2 is 1.52 bits per heavy atom. The average molecular weight is 839 g/mol. The molecule has 2 atom stereocenters. The van der Waals surface area contributed by atoms with E-state index in [2.05, 4.69) is 46.8 Å². The molecule has 5 rings (SSSR count). The lowest BCUT2D eigenvalue weighted by molar-refractivity contribution is -0.438. The van der Waals surface area contributed by atoms with Gasteiger partial charge in [0.05, 0.1) is 10.3 Å². The third kappa shape index (κ3) is 10.6. The summed E-state index contributed by atoms with van der Waals surface area (Å²) in [6, 6.07) is 9.79. The Morgan fingerprint density at radius 3 is 2.16 bits per heavy atom. The zero-order chi connectivity index (χ0) is 42.3. The van der Waals surface area contributed by atoms with Crippen molar-refractivity contribution in [2.45, 2.75) is 125 Å². The fraction of sp³-hybridized carbons (Fsp3) is 0.512. The van der Waals surface area contributed by atoms with Crippen LogP contribution in [-0.2, 0) is 45.1 Å². The quantitative estimate of drug-likeness (QED) is 0.104. The number of fused-ring (bicyclic) bond motifs is 5. The van der Waals surface area contributed by atoms with Gasteiger partial charge in [0.1, 0.15) is 6.54 Å². The Morgan fingerprint density at radius 1 is 0.879 bits per heavy atom. The first kappa shape index (κ1) is 44.8. The van der Waals surface area contributed by atoms with Crippen LogP contribution in [-0.4, -0.2) is 87.0 Å². The van der Waals surface area contributed by atoms with Gasteiger partial charge in [-0.2, -0.15) is 13.0 Å². The Labute approximate surface area is 343 Å². The molecule has 0 aromatic heterocycles. The average Bonchev–Trinajstić information content (AvgIpc) is 3.50. The van der Waals surface area contributed by atoms with Crippen molar-refractivity contribution in [3.05, 3.63) is 71.5 Å². The number of carbonyl (C=O) groups excluding carboxylic acids is 2. The number of aliphatic carboxylic acids is 1. The molecule has 3 aliphatic rings. The predicted molar refractivity (Wildman–Crippen MR) is 225 cm³/mol. The molecule has 3 heterocycles. The highest BCUT2D eigenvalue weighted by atomic mass is 32.2. The molecule has 0 spiro atoms. The Balaban J connectivity index is 1.60. The van der Waals surface area contributed by atoms with Gasteiger partial charge in [-0.1, -0.05) is 41.0 Å². The van der Waals surface area contributed by atoms with Crippen LogP contribution < -0.4 is 15.5 Å². The van der Waals surface area contributed by atoms with Crippen LogP contribution >= 0.6 is 0 Å². The van der Waals surface area contributed by atoms with E-state index in [0.29, 0.717) is 84.0 Å². The molecule has 0 saturated carbocycles. The maximum Gasteiger partial charge on any atom is 0.303 e. The van der Waals surface area contributed by atoms with Crippen molar-refractivity contribution in [1.82, 2.24) is 10.6 Å². The van der Waals surface area contributed by atoms with Crippen LogP contribution in [0.1, 0.15) is 115 Å². The van der Waals surface area contributed by atoms with Crippen molar-refractivity contribution in [3.63, 3.8) is 0 Å². The normalized spacial score (nSPS) is 23.5. The number of carbonyl (C=O) groups is 3. The lowest BCUT2D eigenvalue weighted by Crippen LogP contribution is -2.34. The van der Waals surface area contributed by atoms with Gasteiger partial charge in [0.25, 0.3) is 10.1 Å². The first-order valence-electron chi connectivity index (χ1n) is 20.3. The highest BCUT2D eigenvalue weighted by Gasteiger charge is 2.46. The number of carboxylic acids is 1. The molecule has 13 nitrogen and oxygen atoms in total. The number of carboxylic acid groups (broad SMARTS) is 1. The van der Waals surface area contributed by atoms with Gasteiger partial charge in [0.15, 0.2) is 5.71 Å². The van der Waals surface area contributed by atoms with E-state index in [1.807, 2.05) is 24.3 Å². The van der Waals surface area contributed by atoms with E-state index >= 15 is 0 Å². The fourth-order valence-electron chi connectivity index (χ4n) is 8.49. The third-order valence-electron chi connectivity index (χ3n) is 11.6. The first-order valence-corrected chi connectivity index (χ1v) is 23.3. The van der Waals surface area contributed by atoms with E-state index in [1.54, 1.807) is 24.3 Å². The van der Waals surface area contributed by atoms with Crippen molar-refractivity contribution >= 4 is 60.7 Å². The van der Waals surface area contributed by atoms with Crippen LogP contribution in [0.2, 0.25) is 0 Å². The minimum absolute atomic E-state index is 0.0657. The summed E-state index contributed by atoms with van der Waals surface area (Å²) in [6.07, 6.45) is 13.7. The number of nitrogens with one attached hydrogen (secondary N) is 2. The standard InChI is InChI=1S/C43H58N4O9S2/c1-42(2)33-29-31(57(4,52)53)20-22-35(33)46-27-12-6-9-18-40(49)45-26-25-44-39(48)17-8-5-11-24-43(3)34-30-32(58(54,55)56)21-23-36(34)47(28-13-7-10-19-41(50)51)38(43)16-14-15-37(42)46/h14-16,20-23,29-30H,4-13,17-19,24-28H2,1-3H3,(H4-,44,45,48,49,50,51,52,53,54,55,56). The van der Waals surface area contributed by atoms with Crippen LogP contribution in [0.4, 0.5) is 11.4 Å². The molecule has 4 N–H and O–H groups in total. The smallest absolute Gasteiger partial charge is 0.303 e. The van der Waals surface area contributed by atoms with E-state index in [1.165, 1.54) is 6.07 Å². The second-order valence-electron chi connectivity index (χ2n) is 16.3. The number of rotatable bonds is 8. The number of nitrogens with zero attached hydrogens (tertiary/aromatic N) is 2. The molecule has 0 saturated heterocycles. The van der Waals surface area contributed by atoms with Crippen molar-refractivity contribution in [2.75, 3.05) is 31.1 Å². The molecule has 2 aromatic carbocycles. The molecule has 0 aliphatic carbocycles. The van der Waals surface area contributed by atoms with Gasteiger partial charge in [0.2, 0.25) is 17.5 Å². The number of allylic oxidation sites excluding steroid dienone is 4. The van der Waals surface area contributed by atoms with Crippen molar-refractivity contribution in [2.24, 2.45) is 0 Å². The van der Waals surface area contributed by atoms with Crippen LogP contribution in [0.3, 0.4) is 0 Å². The van der Waals surface area contributed by atoms with Gasteiger partial charge in [-0.25, -0.2) is 0 Å². The van der Waals surface area contributed by atoms with Crippen molar-refractivity contribution < 1.29 is 45.8 Å². The van der Waals surface area contributed by atoms with Gasteiger partial charge in [-0.15, -0.1) is 0 Å². The number of amides is 2. The highest BCUT2D eigenvalue weighted by Crippen LogP contribution is 2.51. The van der Waals surface area contributed by atoms with Gasteiger partial charge in [0, 0.05) is 84.7 Å². The Hall–Kier alpha value is -4.31. The van der Waals surface area contributed by atoms with E-state index in [9.17, 15) is 41.2 Å². The molecule has 0 bridgehead atoms. The molecule has 58 heavy (non-hydrogen) atoms. The van der Waals surface area contributed by atoms with Crippen LogP contribution in [0.25, 0.3) is 0 Å². The van der Waals surface area contributed by atoms with E-state index < -0.39 is 36.7 Å². The van der Waals surface area contributed by atoms with Gasteiger partial charge >= 0.3 is 5.97 Å². The van der Waals surface area contributed by atoms with Gasteiger partial charge in [-0.3, -0.25) is 23.1 Å². The summed E-state index contributed by atoms with van der Waals surface area (Å²) in [5.41, 5.74) is 3.89. The molecule has 0 fully saturated rings. The lowest BCUT2D eigenvalue weighted by Gasteiger charge is -2.30. The van der Waals surface area contributed by atoms with Crippen LogP contribution in [0, 0.1) is 0 Å². The number of anilines is 1. The summed E-state index contributed by atoms with van der Waals surface area (Å²) in [5.74, 6) is 2.38. The largest absolute Gasteiger partial charge is 0.774 e. The number of benzene rings is 2. The maximum atomic E-state index is 12.6. The monoisotopic (exact) mass is 838 g/mol. The summed E-state index contributed by atoms with van der Waals surface area (Å²) >= 11 is 0. The van der Waals surface area contributed by atoms with E-state index in [-0.39, 0.29) is 28.0 Å².